The van der Waals surface area contributed by atoms with E-state index in [1.54, 1.807) is 24.3 Å². The van der Waals surface area contributed by atoms with E-state index in [1.165, 1.54) is 0 Å². The van der Waals surface area contributed by atoms with Crippen LogP contribution in [0.2, 0.25) is 0 Å². The van der Waals surface area contributed by atoms with Crippen LogP contribution in [0, 0.1) is 0 Å². The number of ether oxygens (including phenoxy) is 1. The van der Waals surface area contributed by atoms with E-state index >= 15 is 0 Å². The molecule has 0 atom stereocenters. The zero-order valence-corrected chi connectivity index (χ0v) is 18.2. The van der Waals surface area contributed by atoms with E-state index in [1.807, 2.05) is 42.5 Å². The van der Waals surface area contributed by atoms with Gasteiger partial charge in [-0.25, -0.2) is 14.6 Å². The van der Waals surface area contributed by atoms with Crippen molar-refractivity contribution in [3.63, 3.8) is 0 Å². The summed E-state index contributed by atoms with van der Waals surface area (Å²) in [5.74, 6) is 0.248. The first kappa shape index (κ1) is 22.1. The first-order chi connectivity index (χ1) is 16.0. The van der Waals surface area contributed by atoms with E-state index in [0.717, 1.165) is 41.7 Å². The van der Waals surface area contributed by atoms with Crippen molar-refractivity contribution in [2.75, 3.05) is 0 Å². The lowest BCUT2D eigenvalue weighted by molar-refractivity contribution is 0.0697. The SMILES string of the molecule is CCCCc1nc2cc(C(=O)O)ccc2n1Cc1ccc(-c2ccccc2OC(=O)O)cc1. The zero-order chi connectivity index (χ0) is 23.4. The molecule has 1 heterocycles. The highest BCUT2D eigenvalue weighted by molar-refractivity contribution is 5.92. The number of fused-ring (bicyclic) bond motifs is 1. The van der Waals surface area contributed by atoms with Crippen molar-refractivity contribution >= 4 is 23.2 Å². The van der Waals surface area contributed by atoms with Gasteiger partial charge in [0.2, 0.25) is 0 Å². The molecule has 4 rings (SSSR count). The molecule has 0 aliphatic rings. The fraction of sp³-hybridized carbons (Fsp3) is 0.192. The smallest absolute Gasteiger partial charge is 0.478 e. The molecule has 0 saturated carbocycles. The fourth-order valence-corrected chi connectivity index (χ4v) is 3.88. The van der Waals surface area contributed by atoms with Gasteiger partial charge in [-0.2, -0.15) is 0 Å². The van der Waals surface area contributed by atoms with Gasteiger partial charge < -0.3 is 19.5 Å². The molecule has 4 aromatic rings. The van der Waals surface area contributed by atoms with E-state index in [-0.39, 0.29) is 11.3 Å². The van der Waals surface area contributed by atoms with Crippen LogP contribution >= 0.6 is 0 Å². The first-order valence-corrected chi connectivity index (χ1v) is 10.8. The van der Waals surface area contributed by atoms with Crippen LogP contribution in [-0.4, -0.2) is 31.9 Å². The predicted molar refractivity (Wildman–Crippen MR) is 125 cm³/mol. The van der Waals surface area contributed by atoms with Gasteiger partial charge in [-0.15, -0.1) is 0 Å². The molecule has 0 unspecified atom stereocenters. The molecule has 7 nitrogen and oxygen atoms in total. The van der Waals surface area contributed by atoms with Gasteiger partial charge in [0.05, 0.1) is 16.6 Å². The predicted octanol–water partition coefficient (Wildman–Crippen LogP) is 5.85. The number of benzene rings is 3. The number of carboxylic acids is 1. The van der Waals surface area contributed by atoms with Crippen LogP contribution in [-0.2, 0) is 13.0 Å². The molecular weight excluding hydrogens is 420 g/mol. The maximum atomic E-state index is 11.4. The van der Waals surface area contributed by atoms with Gasteiger partial charge in [0.1, 0.15) is 11.6 Å². The third kappa shape index (κ3) is 4.87. The summed E-state index contributed by atoms with van der Waals surface area (Å²) in [7, 11) is 0. The maximum Gasteiger partial charge on any atom is 0.511 e. The monoisotopic (exact) mass is 444 g/mol. The number of nitrogens with zero attached hydrogens (tertiary/aromatic N) is 2. The van der Waals surface area contributed by atoms with Crippen molar-refractivity contribution in [1.82, 2.24) is 9.55 Å². The standard InChI is InChI=1S/C26H24N2O5/c1-2-3-8-24-27-21-15-19(25(29)30)13-14-22(21)28(24)16-17-9-11-18(12-10-17)20-6-4-5-7-23(20)33-26(31)32/h4-7,9-15H,2-3,8,16H2,1H3,(H,29,30)(H,31,32). The number of aromatic carboxylic acids is 1. The summed E-state index contributed by atoms with van der Waals surface area (Å²) in [6.07, 6.45) is 1.49. The largest absolute Gasteiger partial charge is 0.511 e. The summed E-state index contributed by atoms with van der Waals surface area (Å²) in [4.78, 5) is 27.1. The maximum absolute atomic E-state index is 11.4. The molecule has 33 heavy (non-hydrogen) atoms. The van der Waals surface area contributed by atoms with E-state index in [4.69, 9.17) is 14.8 Å². The van der Waals surface area contributed by atoms with E-state index in [2.05, 4.69) is 11.5 Å². The second kappa shape index (κ2) is 9.56. The Labute approximate surface area is 190 Å². The Kier molecular flexibility index (Phi) is 6.40. The van der Waals surface area contributed by atoms with Crippen LogP contribution in [0.15, 0.2) is 66.7 Å². The molecule has 0 saturated heterocycles. The lowest BCUT2D eigenvalue weighted by Crippen LogP contribution is -2.06. The summed E-state index contributed by atoms with van der Waals surface area (Å²) >= 11 is 0. The van der Waals surface area contributed by atoms with Gasteiger partial charge in [-0.1, -0.05) is 55.8 Å². The molecule has 0 amide bonds. The van der Waals surface area contributed by atoms with Crippen molar-refractivity contribution in [3.05, 3.63) is 83.7 Å². The number of aromatic nitrogens is 2. The van der Waals surface area contributed by atoms with E-state index in [9.17, 15) is 14.7 Å². The average molecular weight is 444 g/mol. The van der Waals surface area contributed by atoms with Gasteiger partial charge in [0.25, 0.3) is 0 Å². The second-order valence-electron chi connectivity index (χ2n) is 7.79. The third-order valence-corrected chi connectivity index (χ3v) is 5.52. The molecule has 0 spiro atoms. The molecule has 3 aromatic carbocycles. The Balaban J connectivity index is 1.66. The normalized spacial score (nSPS) is 10.9. The summed E-state index contributed by atoms with van der Waals surface area (Å²) in [5, 5.41) is 18.3. The molecular formula is C26H24N2O5. The highest BCUT2D eigenvalue weighted by Gasteiger charge is 2.14. The number of rotatable bonds is 8. The molecule has 0 aliphatic carbocycles. The van der Waals surface area contributed by atoms with Crippen LogP contribution < -0.4 is 4.74 Å². The summed E-state index contributed by atoms with van der Waals surface area (Å²) in [6.45, 7) is 2.72. The van der Waals surface area contributed by atoms with Crippen LogP contribution in [0.25, 0.3) is 22.2 Å². The lowest BCUT2D eigenvalue weighted by atomic mass is 10.0. The summed E-state index contributed by atoms with van der Waals surface area (Å²) < 4.78 is 7.04. The average Bonchev–Trinajstić information content (AvgIpc) is 3.14. The van der Waals surface area contributed by atoms with Crippen molar-refractivity contribution in [2.24, 2.45) is 0 Å². The number of carboxylic acid groups (broad SMARTS) is 2. The Morgan fingerprint density at radius 3 is 2.45 bits per heavy atom. The van der Waals surface area contributed by atoms with Crippen LogP contribution in [0.5, 0.6) is 5.75 Å². The number of unbranched alkanes of at least 4 members (excludes halogenated alkanes) is 1. The lowest BCUT2D eigenvalue weighted by Gasteiger charge is -2.11. The number of imidazole rings is 1. The zero-order valence-electron chi connectivity index (χ0n) is 18.2. The number of carbonyl (C=O) groups is 2. The molecule has 1 aromatic heterocycles. The molecule has 0 bridgehead atoms. The van der Waals surface area contributed by atoms with Crippen molar-refractivity contribution < 1.29 is 24.5 Å². The molecule has 0 radical (unpaired) electrons. The third-order valence-electron chi connectivity index (χ3n) is 5.52. The van der Waals surface area contributed by atoms with Crippen molar-refractivity contribution in [1.29, 1.82) is 0 Å². The summed E-state index contributed by atoms with van der Waals surface area (Å²) in [6, 6.07) is 19.9. The minimum absolute atomic E-state index is 0.223. The van der Waals surface area contributed by atoms with Gasteiger partial charge >= 0.3 is 12.1 Å². The molecule has 0 fully saturated rings. The Bertz CT molecular complexity index is 1310. The minimum atomic E-state index is -1.35. The molecule has 168 valence electrons. The number of hydrogen-bond donors (Lipinski definition) is 2. The van der Waals surface area contributed by atoms with Gasteiger partial charge in [0, 0.05) is 18.5 Å². The Hall–Kier alpha value is -4.13. The molecule has 2 N–H and O–H groups in total. The topological polar surface area (TPSA) is 102 Å². The highest BCUT2D eigenvalue weighted by Crippen LogP contribution is 2.30. The van der Waals surface area contributed by atoms with Crippen LogP contribution in [0.3, 0.4) is 0 Å². The summed E-state index contributed by atoms with van der Waals surface area (Å²) in [5.41, 5.74) is 4.40. The number of aryl methyl sites for hydroxylation is 1. The Morgan fingerprint density at radius 2 is 1.76 bits per heavy atom. The second-order valence-corrected chi connectivity index (χ2v) is 7.79. The van der Waals surface area contributed by atoms with Crippen LogP contribution in [0.1, 0.15) is 41.5 Å². The van der Waals surface area contributed by atoms with Crippen molar-refractivity contribution in [2.45, 2.75) is 32.7 Å². The van der Waals surface area contributed by atoms with Crippen LogP contribution in [0.4, 0.5) is 4.79 Å². The minimum Gasteiger partial charge on any atom is -0.478 e. The fourth-order valence-electron chi connectivity index (χ4n) is 3.88. The van der Waals surface area contributed by atoms with Gasteiger partial charge in [-0.05, 0) is 41.8 Å². The Morgan fingerprint density at radius 1 is 1.00 bits per heavy atom. The molecule has 0 aliphatic heterocycles. The van der Waals surface area contributed by atoms with Gasteiger partial charge in [-0.3, -0.25) is 0 Å². The van der Waals surface area contributed by atoms with E-state index in [0.29, 0.717) is 17.6 Å². The van der Waals surface area contributed by atoms with E-state index < -0.39 is 12.1 Å². The quantitative estimate of drug-likeness (QED) is 0.261. The first-order valence-electron chi connectivity index (χ1n) is 10.8. The molecule has 7 heteroatoms. The number of hydrogen-bond acceptors (Lipinski definition) is 4. The highest BCUT2D eigenvalue weighted by atomic mass is 16.7. The number of para-hydroxylation sites is 1. The van der Waals surface area contributed by atoms with Crippen molar-refractivity contribution in [3.8, 4) is 16.9 Å². The van der Waals surface area contributed by atoms with Gasteiger partial charge in [0.15, 0.2) is 0 Å².